The molecule has 31 heavy (non-hydrogen) atoms. The number of hydrogen-bond donors (Lipinski definition) is 3. The van der Waals surface area contributed by atoms with Gasteiger partial charge in [-0.15, -0.1) is 0 Å². The maximum absolute atomic E-state index is 13.4. The molecule has 1 saturated heterocycles. The summed E-state index contributed by atoms with van der Waals surface area (Å²) >= 11 is 0. The molecule has 2 aromatic carbocycles. The number of rotatable bonds is 8. The van der Waals surface area contributed by atoms with Crippen molar-refractivity contribution in [2.75, 3.05) is 46.5 Å². The molecule has 2 aromatic rings. The highest BCUT2D eigenvalue weighted by atomic mass is 19.1. The molecule has 0 spiro atoms. The largest absolute Gasteiger partial charge is 0.504 e. The predicted molar refractivity (Wildman–Crippen MR) is 119 cm³/mol. The first kappa shape index (κ1) is 22.8. The van der Waals surface area contributed by atoms with E-state index in [1.807, 2.05) is 31.2 Å². The number of guanidine groups is 1. The fourth-order valence-corrected chi connectivity index (χ4v) is 3.59. The van der Waals surface area contributed by atoms with Crippen LogP contribution in [-0.4, -0.2) is 62.5 Å². The zero-order valence-corrected chi connectivity index (χ0v) is 18.1. The van der Waals surface area contributed by atoms with Gasteiger partial charge in [0, 0.05) is 31.7 Å². The summed E-state index contributed by atoms with van der Waals surface area (Å²) in [4.78, 5) is 6.96. The lowest BCUT2D eigenvalue weighted by molar-refractivity contribution is 0.0170. The average molecular weight is 431 g/mol. The molecule has 0 aromatic heterocycles. The van der Waals surface area contributed by atoms with Crippen LogP contribution in [0.25, 0.3) is 0 Å². The molecule has 1 unspecified atom stereocenters. The van der Waals surface area contributed by atoms with Gasteiger partial charge in [0.1, 0.15) is 5.82 Å². The molecule has 0 aliphatic carbocycles. The zero-order chi connectivity index (χ0) is 22.1. The molecule has 3 rings (SSSR count). The fraction of sp³-hybridized carbons (Fsp3) is 0.435. The molecule has 0 bridgehead atoms. The molecular weight excluding hydrogens is 399 g/mol. The second kappa shape index (κ2) is 11.5. The molecule has 1 heterocycles. The summed E-state index contributed by atoms with van der Waals surface area (Å²) in [6.07, 6.45) is 0. The molecule has 7 nitrogen and oxygen atoms in total. The van der Waals surface area contributed by atoms with Gasteiger partial charge in [0.15, 0.2) is 17.5 Å². The number of phenolic OH excluding ortho intramolecular Hbond substituents is 1. The highest BCUT2D eigenvalue weighted by molar-refractivity contribution is 5.79. The van der Waals surface area contributed by atoms with Crippen LogP contribution >= 0.6 is 0 Å². The first-order chi connectivity index (χ1) is 15.1. The van der Waals surface area contributed by atoms with Crippen LogP contribution in [0.5, 0.6) is 11.5 Å². The number of phenols is 1. The Kier molecular flexibility index (Phi) is 8.49. The van der Waals surface area contributed by atoms with Gasteiger partial charge >= 0.3 is 0 Å². The smallest absolute Gasteiger partial charge is 0.191 e. The van der Waals surface area contributed by atoms with E-state index >= 15 is 0 Å². The molecule has 0 radical (unpaired) electrons. The quantitative estimate of drug-likeness (QED) is 0.442. The van der Waals surface area contributed by atoms with Crippen molar-refractivity contribution in [2.45, 2.75) is 19.5 Å². The third kappa shape index (κ3) is 6.32. The number of morpholine rings is 1. The maximum Gasteiger partial charge on any atom is 0.191 e. The molecule has 8 heteroatoms. The molecule has 1 aliphatic heterocycles. The van der Waals surface area contributed by atoms with Crippen molar-refractivity contribution in [1.29, 1.82) is 0 Å². The molecule has 0 saturated carbocycles. The van der Waals surface area contributed by atoms with Gasteiger partial charge in [0.2, 0.25) is 0 Å². The Morgan fingerprint density at radius 2 is 1.94 bits per heavy atom. The van der Waals surface area contributed by atoms with Crippen LogP contribution in [0.2, 0.25) is 0 Å². The molecule has 0 amide bonds. The SMILES string of the molecule is CCNC(=NCc1cccc(OC)c1O)NCC(c1ccc(F)cc1)N1CCOCC1. The molecular formula is C23H31FN4O3. The summed E-state index contributed by atoms with van der Waals surface area (Å²) in [6, 6.07) is 12.1. The Labute approximate surface area is 182 Å². The van der Waals surface area contributed by atoms with E-state index < -0.39 is 0 Å². The lowest BCUT2D eigenvalue weighted by atomic mass is 10.0. The monoisotopic (exact) mass is 430 g/mol. The van der Waals surface area contributed by atoms with Gasteiger partial charge in [-0.3, -0.25) is 4.90 Å². The number of para-hydroxylation sites is 1. The van der Waals surface area contributed by atoms with E-state index in [0.29, 0.717) is 50.1 Å². The van der Waals surface area contributed by atoms with Crippen LogP contribution < -0.4 is 15.4 Å². The lowest BCUT2D eigenvalue weighted by Gasteiger charge is -2.35. The Hall–Kier alpha value is -2.84. The van der Waals surface area contributed by atoms with Crippen LogP contribution in [0.15, 0.2) is 47.5 Å². The second-order valence-electron chi connectivity index (χ2n) is 7.26. The number of ether oxygens (including phenoxy) is 2. The average Bonchev–Trinajstić information content (AvgIpc) is 2.80. The van der Waals surface area contributed by atoms with Crippen LogP contribution in [0.3, 0.4) is 0 Å². The molecule has 1 atom stereocenters. The van der Waals surface area contributed by atoms with Crippen molar-refractivity contribution in [1.82, 2.24) is 15.5 Å². The number of halogens is 1. The van der Waals surface area contributed by atoms with Crippen LogP contribution in [0, 0.1) is 5.82 Å². The number of hydrogen-bond acceptors (Lipinski definition) is 5. The van der Waals surface area contributed by atoms with Gasteiger partial charge in [-0.25, -0.2) is 9.38 Å². The number of benzene rings is 2. The highest BCUT2D eigenvalue weighted by Crippen LogP contribution is 2.29. The summed E-state index contributed by atoms with van der Waals surface area (Å²) in [5, 5.41) is 16.9. The third-order valence-corrected chi connectivity index (χ3v) is 5.26. The maximum atomic E-state index is 13.4. The lowest BCUT2D eigenvalue weighted by Crippen LogP contribution is -2.46. The van der Waals surface area contributed by atoms with Crippen molar-refractivity contribution in [3.63, 3.8) is 0 Å². The molecule has 1 fully saturated rings. The third-order valence-electron chi connectivity index (χ3n) is 5.26. The Balaban J connectivity index is 1.73. The van der Waals surface area contributed by atoms with Crippen LogP contribution in [0.4, 0.5) is 4.39 Å². The summed E-state index contributed by atoms with van der Waals surface area (Å²) in [5.41, 5.74) is 1.72. The van der Waals surface area contributed by atoms with E-state index in [2.05, 4.69) is 20.5 Å². The van der Waals surface area contributed by atoms with Crippen molar-refractivity contribution >= 4 is 5.96 Å². The highest BCUT2D eigenvalue weighted by Gasteiger charge is 2.23. The minimum Gasteiger partial charge on any atom is -0.504 e. The van der Waals surface area contributed by atoms with Gasteiger partial charge in [0.05, 0.1) is 32.9 Å². The zero-order valence-electron chi connectivity index (χ0n) is 18.1. The number of methoxy groups -OCH3 is 1. The van der Waals surface area contributed by atoms with Crippen molar-refractivity contribution in [3.05, 3.63) is 59.4 Å². The van der Waals surface area contributed by atoms with Gasteiger partial charge in [-0.2, -0.15) is 0 Å². The first-order valence-electron chi connectivity index (χ1n) is 10.6. The van der Waals surface area contributed by atoms with E-state index in [1.54, 1.807) is 6.07 Å². The Bertz CT molecular complexity index is 854. The fourth-order valence-electron chi connectivity index (χ4n) is 3.59. The van der Waals surface area contributed by atoms with E-state index in [0.717, 1.165) is 18.7 Å². The van der Waals surface area contributed by atoms with Crippen molar-refractivity contribution < 1.29 is 19.0 Å². The van der Waals surface area contributed by atoms with E-state index in [9.17, 15) is 9.50 Å². The van der Waals surface area contributed by atoms with Crippen molar-refractivity contribution in [2.24, 2.45) is 4.99 Å². The predicted octanol–water partition coefficient (Wildman–Crippen LogP) is 2.67. The minimum absolute atomic E-state index is 0.0542. The molecule has 3 N–H and O–H groups in total. The van der Waals surface area contributed by atoms with Crippen LogP contribution in [-0.2, 0) is 11.3 Å². The normalized spacial score (nSPS) is 16.0. The van der Waals surface area contributed by atoms with Gasteiger partial charge in [-0.05, 0) is 30.7 Å². The van der Waals surface area contributed by atoms with Gasteiger partial charge < -0.3 is 25.2 Å². The number of nitrogens with zero attached hydrogens (tertiary/aromatic N) is 2. The van der Waals surface area contributed by atoms with E-state index in [4.69, 9.17) is 9.47 Å². The number of aliphatic imine (C=N–C) groups is 1. The summed E-state index contributed by atoms with van der Waals surface area (Å²) in [5.74, 6) is 0.923. The molecule has 168 valence electrons. The summed E-state index contributed by atoms with van der Waals surface area (Å²) in [7, 11) is 1.52. The summed E-state index contributed by atoms with van der Waals surface area (Å²) in [6.45, 7) is 6.60. The Morgan fingerprint density at radius 3 is 2.61 bits per heavy atom. The standard InChI is InChI=1S/C23H31FN4O3/c1-3-25-23(26-15-18-5-4-6-21(30-2)22(18)29)27-16-20(28-11-13-31-14-12-28)17-7-9-19(24)10-8-17/h4-10,20,29H,3,11-16H2,1-2H3,(H2,25,26,27). The summed E-state index contributed by atoms with van der Waals surface area (Å²) < 4.78 is 24.1. The molecule has 1 aliphatic rings. The topological polar surface area (TPSA) is 78.4 Å². The van der Waals surface area contributed by atoms with E-state index in [-0.39, 0.29) is 17.6 Å². The van der Waals surface area contributed by atoms with Gasteiger partial charge in [-0.1, -0.05) is 24.3 Å². The van der Waals surface area contributed by atoms with E-state index in [1.165, 1.54) is 19.2 Å². The van der Waals surface area contributed by atoms with Crippen molar-refractivity contribution in [3.8, 4) is 11.5 Å². The first-order valence-corrected chi connectivity index (χ1v) is 10.6. The Morgan fingerprint density at radius 1 is 1.19 bits per heavy atom. The van der Waals surface area contributed by atoms with Gasteiger partial charge in [0.25, 0.3) is 0 Å². The second-order valence-corrected chi connectivity index (χ2v) is 7.26. The van der Waals surface area contributed by atoms with Crippen LogP contribution in [0.1, 0.15) is 24.1 Å². The number of nitrogens with one attached hydrogen (secondary N) is 2. The number of aromatic hydroxyl groups is 1. The minimum atomic E-state index is -0.245.